The molecule has 1 aliphatic rings. The van der Waals surface area contributed by atoms with E-state index in [0.29, 0.717) is 17.2 Å². The lowest BCUT2D eigenvalue weighted by atomic mass is 9.79. The van der Waals surface area contributed by atoms with Crippen molar-refractivity contribution in [2.45, 2.75) is 52.1 Å². The Kier molecular flexibility index (Phi) is 9.12. The zero-order valence-electron chi connectivity index (χ0n) is 22.2. The molecule has 0 atom stereocenters. The van der Waals surface area contributed by atoms with Crippen LogP contribution in [0.5, 0.6) is 5.75 Å². The van der Waals surface area contributed by atoms with E-state index in [9.17, 15) is 4.79 Å². The molecule has 206 valence electrons. The average Bonchev–Trinajstić information content (AvgIpc) is 2.92. The van der Waals surface area contributed by atoms with Gasteiger partial charge in [-0.2, -0.15) is 0 Å². The Bertz CT molecular complexity index is 1360. The number of carbonyl (C=O) groups excluding carboxylic acids is 1. The molecule has 4 rings (SSSR count). The summed E-state index contributed by atoms with van der Waals surface area (Å²) in [6.45, 7) is 6.85. The molecule has 1 N–H and O–H groups in total. The number of aliphatic hydroxyl groups is 1. The predicted octanol–water partition coefficient (Wildman–Crippen LogP) is 7.72. The molecule has 0 saturated heterocycles. The van der Waals surface area contributed by atoms with Crippen LogP contribution in [0.3, 0.4) is 0 Å². The molecule has 0 spiro atoms. The van der Waals surface area contributed by atoms with Gasteiger partial charge in [-0.05, 0) is 73.1 Å². The van der Waals surface area contributed by atoms with Crippen LogP contribution in [0.1, 0.15) is 56.6 Å². The van der Waals surface area contributed by atoms with E-state index in [2.05, 4.69) is 13.5 Å². The zero-order valence-corrected chi connectivity index (χ0v) is 22.2. The van der Waals surface area contributed by atoms with Gasteiger partial charge in [-0.3, -0.25) is 0 Å². The maximum atomic E-state index is 15.5. The molecule has 0 bridgehead atoms. The number of esters is 1. The molecule has 0 aliphatic heterocycles. The molecule has 1 fully saturated rings. The van der Waals surface area contributed by atoms with E-state index in [1.165, 1.54) is 31.2 Å². The van der Waals surface area contributed by atoms with Crippen LogP contribution in [0.15, 0.2) is 60.7 Å². The van der Waals surface area contributed by atoms with Crippen molar-refractivity contribution in [2.24, 2.45) is 5.92 Å². The fourth-order valence-corrected chi connectivity index (χ4v) is 5.03. The quantitative estimate of drug-likeness (QED) is 0.224. The lowest BCUT2D eigenvalue weighted by molar-refractivity contribution is -0.140. The number of benzene rings is 3. The summed E-state index contributed by atoms with van der Waals surface area (Å²) in [6.07, 6.45) is 4.17. The van der Waals surface area contributed by atoms with E-state index in [1.54, 1.807) is 6.07 Å². The summed E-state index contributed by atoms with van der Waals surface area (Å²) in [5, 5.41) is 9.04. The molecule has 0 heterocycles. The average molecular weight is 539 g/mol. The van der Waals surface area contributed by atoms with E-state index in [1.807, 2.05) is 6.07 Å². The lowest BCUT2D eigenvalue weighted by Gasteiger charge is -2.26. The minimum atomic E-state index is -0.782. The van der Waals surface area contributed by atoms with Crippen molar-refractivity contribution in [3.63, 3.8) is 0 Å². The van der Waals surface area contributed by atoms with Crippen LogP contribution in [0.2, 0.25) is 0 Å². The highest BCUT2D eigenvalue weighted by Gasteiger charge is 2.23. The SMILES string of the molecule is C=C(C)C(=O)OCc1cc(OCCO)ccc1-c1cc(F)c(-c2ccc(C3CCC(C)CC3)cc2F)cc1F. The Morgan fingerprint density at radius 1 is 0.897 bits per heavy atom. The summed E-state index contributed by atoms with van der Waals surface area (Å²) in [5.74, 6) is -1.45. The second kappa shape index (κ2) is 12.5. The maximum absolute atomic E-state index is 15.5. The number of hydrogen-bond donors (Lipinski definition) is 1. The minimum Gasteiger partial charge on any atom is -0.491 e. The van der Waals surface area contributed by atoms with Crippen molar-refractivity contribution in [1.82, 2.24) is 0 Å². The fraction of sp³-hybridized carbons (Fsp3) is 0.344. The highest BCUT2D eigenvalue weighted by atomic mass is 19.1. The molecule has 4 nitrogen and oxygen atoms in total. The first-order valence-corrected chi connectivity index (χ1v) is 13.2. The van der Waals surface area contributed by atoms with Gasteiger partial charge in [0.15, 0.2) is 0 Å². The Morgan fingerprint density at radius 2 is 1.51 bits per heavy atom. The molecule has 1 aliphatic carbocycles. The highest BCUT2D eigenvalue weighted by molar-refractivity contribution is 5.87. The number of rotatable bonds is 9. The Balaban J connectivity index is 1.66. The monoisotopic (exact) mass is 538 g/mol. The Morgan fingerprint density at radius 3 is 2.13 bits per heavy atom. The molecule has 1 saturated carbocycles. The molecule has 0 unspecified atom stereocenters. The van der Waals surface area contributed by atoms with Crippen molar-refractivity contribution in [1.29, 1.82) is 0 Å². The first kappa shape index (κ1) is 28.4. The van der Waals surface area contributed by atoms with E-state index in [-0.39, 0.29) is 53.6 Å². The van der Waals surface area contributed by atoms with E-state index in [0.717, 1.165) is 43.4 Å². The van der Waals surface area contributed by atoms with Gasteiger partial charge in [0, 0.05) is 27.8 Å². The first-order valence-electron chi connectivity index (χ1n) is 13.2. The van der Waals surface area contributed by atoms with Gasteiger partial charge in [0.25, 0.3) is 0 Å². The van der Waals surface area contributed by atoms with Crippen molar-refractivity contribution in [2.75, 3.05) is 13.2 Å². The topological polar surface area (TPSA) is 55.8 Å². The summed E-state index contributed by atoms with van der Waals surface area (Å²) in [4.78, 5) is 12.0. The van der Waals surface area contributed by atoms with Crippen LogP contribution in [-0.4, -0.2) is 24.3 Å². The lowest BCUT2D eigenvalue weighted by Crippen LogP contribution is -2.11. The second-order valence-corrected chi connectivity index (χ2v) is 10.3. The van der Waals surface area contributed by atoms with Crippen molar-refractivity contribution in [3.8, 4) is 28.0 Å². The van der Waals surface area contributed by atoms with E-state index in [4.69, 9.17) is 14.6 Å². The van der Waals surface area contributed by atoms with Gasteiger partial charge >= 0.3 is 5.97 Å². The van der Waals surface area contributed by atoms with Crippen LogP contribution >= 0.6 is 0 Å². The number of carbonyl (C=O) groups is 1. The smallest absolute Gasteiger partial charge is 0.333 e. The molecule has 0 aromatic heterocycles. The van der Waals surface area contributed by atoms with Crippen LogP contribution < -0.4 is 4.74 Å². The van der Waals surface area contributed by atoms with Gasteiger partial charge < -0.3 is 14.6 Å². The highest BCUT2D eigenvalue weighted by Crippen LogP contribution is 2.39. The molecule has 7 heteroatoms. The van der Waals surface area contributed by atoms with Crippen molar-refractivity contribution >= 4 is 5.97 Å². The normalized spacial score (nSPS) is 17.1. The first-order chi connectivity index (χ1) is 18.7. The maximum Gasteiger partial charge on any atom is 0.333 e. The van der Waals surface area contributed by atoms with Crippen LogP contribution in [0, 0.1) is 23.4 Å². The predicted molar refractivity (Wildman–Crippen MR) is 145 cm³/mol. The Labute approximate surface area is 227 Å². The third kappa shape index (κ3) is 6.71. The third-order valence-corrected chi connectivity index (χ3v) is 7.26. The number of ether oxygens (including phenoxy) is 2. The summed E-state index contributed by atoms with van der Waals surface area (Å²) in [5.41, 5.74) is 1.48. The van der Waals surface area contributed by atoms with Gasteiger partial charge in [-0.15, -0.1) is 0 Å². The zero-order chi connectivity index (χ0) is 28.1. The second-order valence-electron chi connectivity index (χ2n) is 10.3. The molecule has 3 aromatic carbocycles. The number of halogens is 3. The van der Waals surface area contributed by atoms with Gasteiger partial charge in [0.1, 0.15) is 36.4 Å². The van der Waals surface area contributed by atoms with Crippen LogP contribution in [0.25, 0.3) is 22.3 Å². The molecular formula is C32H33F3O4. The molecule has 0 radical (unpaired) electrons. The molecular weight excluding hydrogens is 505 g/mol. The fourth-order valence-electron chi connectivity index (χ4n) is 5.03. The number of hydrogen-bond acceptors (Lipinski definition) is 4. The molecule has 3 aromatic rings. The summed E-state index contributed by atoms with van der Waals surface area (Å²) in [6, 6.07) is 11.4. The van der Waals surface area contributed by atoms with E-state index >= 15 is 13.2 Å². The van der Waals surface area contributed by atoms with Crippen molar-refractivity contribution < 1.29 is 32.5 Å². The number of aliphatic hydroxyl groups excluding tert-OH is 1. The van der Waals surface area contributed by atoms with Crippen LogP contribution in [-0.2, 0) is 16.1 Å². The van der Waals surface area contributed by atoms with Gasteiger partial charge in [0.2, 0.25) is 0 Å². The standard InChI is InChI=1S/C32H33F3O4/c1-19(2)32(37)39-18-23-14-24(38-13-12-36)9-11-25(23)27-16-31(35)28(17-30(27)34)26-10-8-22(15-29(26)33)21-6-4-20(3)5-7-21/h8-11,14-17,20-21,36H,1,4-7,12-13,18H2,2-3H3. The van der Waals surface area contributed by atoms with E-state index < -0.39 is 23.4 Å². The largest absolute Gasteiger partial charge is 0.491 e. The van der Waals surface area contributed by atoms with Gasteiger partial charge in [0.05, 0.1) is 6.61 Å². The molecule has 0 amide bonds. The minimum absolute atomic E-state index is 0.00533. The van der Waals surface area contributed by atoms with Crippen molar-refractivity contribution in [3.05, 3.63) is 89.3 Å². The molecule has 39 heavy (non-hydrogen) atoms. The van der Waals surface area contributed by atoms with Gasteiger partial charge in [-0.1, -0.05) is 44.5 Å². The van der Waals surface area contributed by atoms with Crippen LogP contribution in [0.4, 0.5) is 13.2 Å². The summed E-state index contributed by atoms with van der Waals surface area (Å²) < 4.78 is 56.7. The van der Waals surface area contributed by atoms with Gasteiger partial charge in [-0.25, -0.2) is 18.0 Å². The third-order valence-electron chi connectivity index (χ3n) is 7.26. The summed E-state index contributed by atoms with van der Waals surface area (Å²) >= 11 is 0. The Hall–Kier alpha value is -3.58. The summed E-state index contributed by atoms with van der Waals surface area (Å²) in [7, 11) is 0.